The Morgan fingerprint density at radius 1 is 1.30 bits per heavy atom. The SMILES string of the molecule is COC(=O)c1cnc(Nc2nc3c(s2)CCCC3)cn1. The number of carbonyl (C=O) groups excluding carboxylic acids is 1. The van der Waals surface area contributed by atoms with E-state index >= 15 is 0 Å². The van der Waals surface area contributed by atoms with E-state index in [0.717, 1.165) is 18.0 Å². The second kappa shape index (κ2) is 5.54. The molecule has 3 rings (SSSR count). The van der Waals surface area contributed by atoms with Gasteiger partial charge in [0.15, 0.2) is 16.6 Å². The number of hydrogen-bond acceptors (Lipinski definition) is 7. The molecule has 0 saturated carbocycles. The van der Waals surface area contributed by atoms with E-state index in [9.17, 15) is 4.79 Å². The molecule has 7 heteroatoms. The Hall–Kier alpha value is -2.02. The largest absolute Gasteiger partial charge is 0.464 e. The fourth-order valence-corrected chi connectivity index (χ4v) is 3.17. The van der Waals surface area contributed by atoms with Crippen molar-refractivity contribution >= 4 is 28.3 Å². The van der Waals surface area contributed by atoms with Gasteiger partial charge in [-0.3, -0.25) is 0 Å². The maximum Gasteiger partial charge on any atom is 0.358 e. The number of thiazole rings is 1. The summed E-state index contributed by atoms with van der Waals surface area (Å²) in [4.78, 5) is 25.3. The standard InChI is InChI=1S/C13H14N4O2S/c1-19-12(18)9-6-15-11(7-14-9)17-13-16-8-4-2-3-5-10(8)20-13/h6-7H,2-5H2,1H3,(H,15,16,17). The molecular formula is C13H14N4O2S. The van der Waals surface area contributed by atoms with Crippen molar-refractivity contribution in [2.75, 3.05) is 12.4 Å². The van der Waals surface area contributed by atoms with Crippen molar-refractivity contribution in [2.24, 2.45) is 0 Å². The molecule has 1 N–H and O–H groups in total. The Morgan fingerprint density at radius 3 is 2.85 bits per heavy atom. The van der Waals surface area contributed by atoms with Crippen molar-refractivity contribution in [1.82, 2.24) is 15.0 Å². The lowest BCUT2D eigenvalue weighted by Gasteiger charge is -2.06. The van der Waals surface area contributed by atoms with E-state index in [2.05, 4.69) is 25.0 Å². The summed E-state index contributed by atoms with van der Waals surface area (Å²) in [6.45, 7) is 0. The molecule has 0 aromatic carbocycles. The van der Waals surface area contributed by atoms with Crippen LogP contribution in [0.1, 0.15) is 33.9 Å². The van der Waals surface area contributed by atoms with Crippen molar-refractivity contribution in [3.63, 3.8) is 0 Å². The first kappa shape index (κ1) is 13.0. The molecule has 2 heterocycles. The van der Waals surface area contributed by atoms with Crippen LogP contribution in [-0.4, -0.2) is 28.0 Å². The summed E-state index contributed by atoms with van der Waals surface area (Å²) in [5.74, 6) is 0.0810. The van der Waals surface area contributed by atoms with Gasteiger partial charge in [0.2, 0.25) is 0 Å². The van der Waals surface area contributed by atoms with Crippen LogP contribution in [0.2, 0.25) is 0 Å². The fourth-order valence-electron chi connectivity index (χ4n) is 2.12. The Labute approximate surface area is 120 Å². The van der Waals surface area contributed by atoms with E-state index < -0.39 is 5.97 Å². The monoisotopic (exact) mass is 290 g/mol. The molecular weight excluding hydrogens is 276 g/mol. The zero-order valence-electron chi connectivity index (χ0n) is 11.0. The summed E-state index contributed by atoms with van der Waals surface area (Å²) in [6.07, 6.45) is 7.52. The van der Waals surface area contributed by atoms with Crippen molar-refractivity contribution in [3.8, 4) is 0 Å². The topological polar surface area (TPSA) is 77.0 Å². The molecule has 0 unspecified atom stereocenters. The van der Waals surface area contributed by atoms with Crippen molar-refractivity contribution < 1.29 is 9.53 Å². The van der Waals surface area contributed by atoms with Crippen LogP contribution in [0.25, 0.3) is 0 Å². The molecule has 6 nitrogen and oxygen atoms in total. The molecule has 2 aromatic heterocycles. The van der Waals surface area contributed by atoms with Gasteiger partial charge in [0.25, 0.3) is 0 Å². The molecule has 0 spiro atoms. The third-order valence-corrected chi connectivity index (χ3v) is 4.20. The second-order valence-corrected chi connectivity index (χ2v) is 5.58. The predicted octanol–water partition coefficient (Wildman–Crippen LogP) is 2.34. The molecule has 0 amide bonds. The molecule has 0 atom stereocenters. The number of aryl methyl sites for hydroxylation is 2. The molecule has 0 bridgehead atoms. The first-order valence-corrected chi connectivity index (χ1v) is 7.24. The number of esters is 1. The highest BCUT2D eigenvalue weighted by atomic mass is 32.1. The van der Waals surface area contributed by atoms with Crippen LogP contribution in [0.5, 0.6) is 0 Å². The quantitative estimate of drug-likeness (QED) is 0.874. The second-order valence-electron chi connectivity index (χ2n) is 4.50. The van der Waals surface area contributed by atoms with Crippen LogP contribution in [-0.2, 0) is 17.6 Å². The minimum absolute atomic E-state index is 0.191. The van der Waals surface area contributed by atoms with Gasteiger partial charge in [-0.1, -0.05) is 0 Å². The van der Waals surface area contributed by atoms with Gasteiger partial charge < -0.3 is 10.1 Å². The van der Waals surface area contributed by atoms with Gasteiger partial charge in [-0.15, -0.1) is 11.3 Å². The lowest BCUT2D eigenvalue weighted by atomic mass is 10.0. The molecule has 0 fully saturated rings. The van der Waals surface area contributed by atoms with Gasteiger partial charge in [0, 0.05) is 4.88 Å². The molecule has 0 saturated heterocycles. The predicted molar refractivity (Wildman–Crippen MR) is 75.4 cm³/mol. The number of aromatic nitrogens is 3. The average molecular weight is 290 g/mol. The van der Waals surface area contributed by atoms with E-state index in [1.54, 1.807) is 11.3 Å². The number of fused-ring (bicyclic) bond motifs is 1. The number of rotatable bonds is 3. The molecule has 1 aliphatic rings. The van der Waals surface area contributed by atoms with Crippen LogP contribution in [0, 0.1) is 0 Å². The first-order chi connectivity index (χ1) is 9.76. The van der Waals surface area contributed by atoms with Crippen LogP contribution >= 0.6 is 11.3 Å². The molecule has 0 aliphatic heterocycles. The number of carbonyl (C=O) groups is 1. The molecule has 0 radical (unpaired) electrons. The fraction of sp³-hybridized carbons (Fsp3) is 0.385. The van der Waals surface area contributed by atoms with Crippen LogP contribution in [0.15, 0.2) is 12.4 Å². The van der Waals surface area contributed by atoms with E-state index in [1.165, 1.54) is 42.9 Å². The maximum absolute atomic E-state index is 11.3. The first-order valence-electron chi connectivity index (χ1n) is 6.42. The van der Waals surface area contributed by atoms with Crippen molar-refractivity contribution in [3.05, 3.63) is 28.7 Å². The minimum atomic E-state index is -0.492. The van der Waals surface area contributed by atoms with E-state index in [-0.39, 0.29) is 5.69 Å². The zero-order valence-corrected chi connectivity index (χ0v) is 11.9. The minimum Gasteiger partial charge on any atom is -0.464 e. The summed E-state index contributed by atoms with van der Waals surface area (Å²) >= 11 is 1.66. The highest BCUT2D eigenvalue weighted by Gasteiger charge is 2.15. The smallest absolute Gasteiger partial charge is 0.358 e. The summed E-state index contributed by atoms with van der Waals surface area (Å²) < 4.78 is 4.58. The number of nitrogens with zero attached hydrogens (tertiary/aromatic N) is 3. The summed E-state index contributed by atoms with van der Waals surface area (Å²) in [5.41, 5.74) is 1.39. The zero-order chi connectivity index (χ0) is 13.9. The van der Waals surface area contributed by atoms with Crippen LogP contribution < -0.4 is 5.32 Å². The number of anilines is 2. The highest BCUT2D eigenvalue weighted by Crippen LogP contribution is 2.30. The Bertz CT molecular complexity index is 600. The average Bonchev–Trinajstić information content (AvgIpc) is 2.89. The highest BCUT2D eigenvalue weighted by molar-refractivity contribution is 7.15. The summed E-state index contributed by atoms with van der Waals surface area (Å²) in [7, 11) is 1.32. The third-order valence-electron chi connectivity index (χ3n) is 3.13. The van der Waals surface area contributed by atoms with Crippen LogP contribution in [0.3, 0.4) is 0 Å². The van der Waals surface area contributed by atoms with E-state index in [0.29, 0.717) is 5.82 Å². The van der Waals surface area contributed by atoms with Crippen molar-refractivity contribution in [1.29, 1.82) is 0 Å². The Kier molecular flexibility index (Phi) is 3.60. The lowest BCUT2D eigenvalue weighted by Crippen LogP contribution is -2.05. The number of ether oxygens (including phenoxy) is 1. The molecule has 2 aromatic rings. The van der Waals surface area contributed by atoms with Crippen molar-refractivity contribution in [2.45, 2.75) is 25.7 Å². The number of hydrogen-bond donors (Lipinski definition) is 1. The van der Waals surface area contributed by atoms with Crippen LogP contribution in [0.4, 0.5) is 10.9 Å². The summed E-state index contributed by atoms with van der Waals surface area (Å²) in [5, 5.41) is 3.96. The normalized spacial score (nSPS) is 13.7. The number of nitrogens with one attached hydrogen (secondary N) is 1. The van der Waals surface area contributed by atoms with Gasteiger partial charge in [-0.2, -0.15) is 0 Å². The van der Waals surface area contributed by atoms with Gasteiger partial charge in [-0.25, -0.2) is 19.7 Å². The third kappa shape index (κ3) is 2.62. The van der Waals surface area contributed by atoms with Gasteiger partial charge in [0.05, 0.1) is 25.2 Å². The van der Waals surface area contributed by atoms with E-state index in [1.807, 2.05) is 0 Å². The molecule has 104 valence electrons. The molecule has 1 aliphatic carbocycles. The Morgan fingerprint density at radius 2 is 2.15 bits per heavy atom. The van der Waals surface area contributed by atoms with E-state index in [4.69, 9.17) is 0 Å². The Balaban J connectivity index is 1.74. The maximum atomic E-state index is 11.3. The van der Waals surface area contributed by atoms with Gasteiger partial charge in [-0.05, 0) is 25.7 Å². The molecule has 20 heavy (non-hydrogen) atoms. The summed E-state index contributed by atoms with van der Waals surface area (Å²) in [6, 6.07) is 0. The van der Waals surface area contributed by atoms with Gasteiger partial charge in [0.1, 0.15) is 0 Å². The number of methoxy groups -OCH3 is 1. The lowest BCUT2D eigenvalue weighted by molar-refractivity contribution is 0.0593. The van der Waals surface area contributed by atoms with Gasteiger partial charge >= 0.3 is 5.97 Å².